The van der Waals surface area contributed by atoms with Crippen LogP contribution in [0.15, 0.2) is 47.4 Å². The fourth-order valence-corrected chi connectivity index (χ4v) is 4.03. The number of aromatic amines is 1. The molecule has 1 fully saturated rings. The maximum Gasteiger partial charge on any atom is 0.586 e. The van der Waals surface area contributed by atoms with Crippen molar-refractivity contribution < 1.29 is 27.3 Å². The van der Waals surface area contributed by atoms with Gasteiger partial charge in [-0.1, -0.05) is 12.1 Å². The van der Waals surface area contributed by atoms with Gasteiger partial charge in [0.05, 0.1) is 16.8 Å². The Morgan fingerprint density at radius 3 is 2.66 bits per heavy atom. The lowest BCUT2D eigenvalue weighted by atomic mass is 9.88. The summed E-state index contributed by atoms with van der Waals surface area (Å²) in [7, 11) is 0. The molecule has 7 nitrogen and oxygen atoms in total. The summed E-state index contributed by atoms with van der Waals surface area (Å²) in [6.45, 7) is 1.88. The summed E-state index contributed by atoms with van der Waals surface area (Å²) >= 11 is 0. The molecule has 0 radical (unpaired) electrons. The van der Waals surface area contributed by atoms with Gasteiger partial charge in [-0.2, -0.15) is 0 Å². The molecule has 1 aliphatic heterocycles. The number of hydrogen-bond donors (Lipinski definition) is 2. The van der Waals surface area contributed by atoms with Crippen molar-refractivity contribution in [2.24, 2.45) is 0 Å². The summed E-state index contributed by atoms with van der Waals surface area (Å²) in [5.41, 5.74) is 8.00. The predicted molar refractivity (Wildman–Crippen MR) is 118 cm³/mol. The first-order chi connectivity index (χ1) is 15.2. The van der Waals surface area contributed by atoms with Crippen LogP contribution in [0.1, 0.15) is 33.9 Å². The highest BCUT2D eigenvalue weighted by Gasteiger charge is 2.52. The van der Waals surface area contributed by atoms with E-state index >= 15 is 0 Å². The monoisotopic (exact) mass is 445 g/mol. The normalized spacial score (nSPS) is 17.2. The number of Topliss-reactive ketones (excluding diaryl/α,β-unsaturated/α-hetero) is 1. The molecule has 2 aliphatic rings. The van der Waals surface area contributed by atoms with Crippen molar-refractivity contribution in [2.45, 2.75) is 37.9 Å². The molecule has 0 saturated heterocycles. The van der Waals surface area contributed by atoms with Gasteiger partial charge in [-0.15, -0.1) is 8.78 Å². The van der Waals surface area contributed by atoms with E-state index in [4.69, 9.17) is 5.73 Å². The van der Waals surface area contributed by atoms with Gasteiger partial charge in [0.1, 0.15) is 5.78 Å². The maximum absolute atomic E-state index is 13.3. The average molecular weight is 445 g/mol. The molecule has 0 atom stereocenters. The van der Waals surface area contributed by atoms with Gasteiger partial charge >= 0.3 is 6.29 Å². The van der Waals surface area contributed by atoms with Crippen molar-refractivity contribution >= 4 is 11.5 Å². The SMILES string of the molecule is Cc1ccc(CC(=O)C2(c3ccc4c(c3)OC(F)(F)O4)CC2)nc1-c1c[nH]c(=O)c(N)c1.[HH].[HH].[HH]. The molecule has 0 unspecified atom stereocenters. The van der Waals surface area contributed by atoms with Crippen molar-refractivity contribution in [1.29, 1.82) is 0 Å². The molecule has 0 bridgehead atoms. The Kier molecular flexibility index (Phi) is 4.34. The standard InChI is InChI=1S/C23H19F2N3O4.3H2/c1-12-2-4-15(28-20(12)13-8-16(26)21(30)27-11-13)10-19(29)22(6-7-22)14-3-5-17-18(9-14)32-23(24,25)31-17;;;/h2-5,8-9,11H,6-7,10,26H2,1H3,(H,27,30);3*1H. The Morgan fingerprint density at radius 1 is 1.19 bits per heavy atom. The first kappa shape index (κ1) is 20.2. The minimum absolute atomic E-state index is 0. The van der Waals surface area contributed by atoms with Crippen molar-refractivity contribution in [3.05, 3.63) is 69.8 Å². The molecule has 170 valence electrons. The number of benzene rings is 1. The Labute approximate surface area is 185 Å². The van der Waals surface area contributed by atoms with Crippen LogP contribution in [-0.2, 0) is 16.6 Å². The number of halogens is 2. The largest absolute Gasteiger partial charge is 0.586 e. The number of hydrogen-bond acceptors (Lipinski definition) is 6. The van der Waals surface area contributed by atoms with Crippen molar-refractivity contribution in [1.82, 2.24) is 9.97 Å². The Bertz CT molecular complexity index is 1330. The number of H-pyrrole nitrogens is 1. The Hall–Kier alpha value is -3.75. The molecule has 0 spiro atoms. The number of ether oxygens (including phenoxy) is 2. The number of nitrogens with zero attached hydrogens (tertiary/aromatic N) is 1. The number of carbonyl (C=O) groups is 1. The molecular formula is C23H25F2N3O4. The van der Waals surface area contributed by atoms with Crippen LogP contribution in [-0.4, -0.2) is 22.0 Å². The summed E-state index contributed by atoms with van der Waals surface area (Å²) in [5, 5.41) is 0. The number of anilines is 1. The van der Waals surface area contributed by atoms with Gasteiger partial charge < -0.3 is 20.2 Å². The van der Waals surface area contributed by atoms with Crippen molar-refractivity contribution in [3.8, 4) is 22.8 Å². The second-order valence-corrected chi connectivity index (χ2v) is 8.15. The number of nitrogens with one attached hydrogen (secondary N) is 1. The first-order valence-electron chi connectivity index (χ1n) is 10.1. The van der Waals surface area contributed by atoms with Gasteiger partial charge in [0, 0.05) is 28.2 Å². The summed E-state index contributed by atoms with van der Waals surface area (Å²) in [5.74, 6) is -0.170. The zero-order chi connectivity index (χ0) is 22.7. The number of rotatable bonds is 5. The number of ketones is 1. The molecule has 3 N–H and O–H groups in total. The number of fused-ring (bicyclic) bond motifs is 1. The van der Waals surface area contributed by atoms with Crippen LogP contribution in [0.4, 0.5) is 14.5 Å². The number of carbonyl (C=O) groups excluding carboxylic acids is 1. The number of aryl methyl sites for hydroxylation is 1. The lowest BCUT2D eigenvalue weighted by Gasteiger charge is -2.15. The lowest BCUT2D eigenvalue weighted by Crippen LogP contribution is -2.26. The van der Waals surface area contributed by atoms with Crippen molar-refractivity contribution in [3.63, 3.8) is 0 Å². The molecule has 2 aromatic heterocycles. The third kappa shape index (κ3) is 3.39. The molecule has 1 aromatic carbocycles. The van der Waals surface area contributed by atoms with Crippen molar-refractivity contribution in [2.75, 3.05) is 5.73 Å². The maximum atomic E-state index is 13.3. The van der Waals surface area contributed by atoms with E-state index in [0.717, 1.165) is 5.56 Å². The molecule has 3 aromatic rings. The van der Waals surface area contributed by atoms with Crippen LogP contribution in [0.2, 0.25) is 0 Å². The van der Waals surface area contributed by atoms with E-state index < -0.39 is 11.7 Å². The third-order valence-electron chi connectivity index (χ3n) is 5.94. The molecule has 9 heteroatoms. The summed E-state index contributed by atoms with van der Waals surface area (Å²) in [4.78, 5) is 32.0. The molecule has 32 heavy (non-hydrogen) atoms. The molecule has 1 saturated carbocycles. The van der Waals surface area contributed by atoms with Gasteiger partial charge in [-0.25, -0.2) is 0 Å². The minimum Gasteiger partial charge on any atom is -0.395 e. The average Bonchev–Trinajstić information content (AvgIpc) is 3.48. The topological polar surface area (TPSA) is 107 Å². The number of pyridine rings is 2. The number of aromatic nitrogens is 2. The summed E-state index contributed by atoms with van der Waals surface area (Å²) < 4.78 is 35.7. The van der Waals surface area contributed by atoms with Crippen LogP contribution in [0, 0.1) is 6.92 Å². The number of alkyl halides is 2. The van der Waals surface area contributed by atoms with Crippen LogP contribution >= 0.6 is 0 Å². The fourth-order valence-electron chi connectivity index (χ4n) is 4.03. The van der Waals surface area contributed by atoms with E-state index in [1.165, 1.54) is 18.3 Å². The van der Waals surface area contributed by atoms with Gasteiger partial charge in [0.15, 0.2) is 11.5 Å². The summed E-state index contributed by atoms with van der Waals surface area (Å²) in [6, 6.07) is 9.67. The summed E-state index contributed by atoms with van der Waals surface area (Å²) in [6.07, 6.45) is -0.843. The molecule has 1 aliphatic carbocycles. The smallest absolute Gasteiger partial charge is 0.395 e. The number of nitrogens with two attached hydrogens (primary N) is 1. The van der Waals surface area contributed by atoms with Crippen LogP contribution in [0.3, 0.4) is 0 Å². The third-order valence-corrected chi connectivity index (χ3v) is 5.94. The number of nitrogen functional groups attached to an aromatic ring is 1. The second-order valence-electron chi connectivity index (χ2n) is 8.15. The minimum atomic E-state index is -3.70. The van der Waals surface area contributed by atoms with Gasteiger partial charge in [-0.3, -0.25) is 14.6 Å². The zero-order valence-corrected chi connectivity index (χ0v) is 17.1. The molecule has 0 amide bonds. The first-order valence-corrected chi connectivity index (χ1v) is 10.1. The predicted octanol–water partition coefficient (Wildman–Crippen LogP) is 4.23. The van der Waals surface area contributed by atoms with E-state index in [9.17, 15) is 18.4 Å². The van der Waals surface area contributed by atoms with E-state index in [0.29, 0.717) is 35.4 Å². The highest BCUT2D eigenvalue weighted by Crippen LogP contribution is 2.52. The zero-order valence-electron chi connectivity index (χ0n) is 17.1. The highest BCUT2D eigenvalue weighted by molar-refractivity contribution is 5.94. The second kappa shape index (κ2) is 6.88. The van der Waals surface area contributed by atoms with Crippen LogP contribution in [0.25, 0.3) is 11.3 Å². The van der Waals surface area contributed by atoms with Crippen LogP contribution in [0.5, 0.6) is 11.5 Å². The lowest BCUT2D eigenvalue weighted by molar-refractivity contribution is -0.286. The van der Waals surface area contributed by atoms with E-state index in [1.54, 1.807) is 18.2 Å². The van der Waals surface area contributed by atoms with Gasteiger partial charge in [-0.05, 0) is 55.2 Å². The van der Waals surface area contributed by atoms with E-state index in [2.05, 4.69) is 19.4 Å². The highest BCUT2D eigenvalue weighted by atomic mass is 19.3. The molecular weight excluding hydrogens is 420 g/mol. The van der Waals surface area contributed by atoms with E-state index in [-0.39, 0.29) is 39.2 Å². The van der Waals surface area contributed by atoms with Gasteiger partial charge in [0.2, 0.25) is 0 Å². The van der Waals surface area contributed by atoms with Crippen LogP contribution < -0.4 is 20.8 Å². The van der Waals surface area contributed by atoms with E-state index in [1.807, 2.05) is 13.0 Å². The molecule has 5 rings (SSSR count). The van der Waals surface area contributed by atoms with Gasteiger partial charge in [0.25, 0.3) is 5.56 Å². The quantitative estimate of drug-likeness (QED) is 0.609. The molecule has 3 heterocycles. The Balaban J connectivity index is 0.00000144. The fraction of sp³-hybridized carbons (Fsp3) is 0.261. The Morgan fingerprint density at radius 2 is 1.94 bits per heavy atom.